The predicted molar refractivity (Wildman–Crippen MR) is 97.1 cm³/mol. The minimum Gasteiger partial charge on any atom is -0.394 e. The Kier molecular flexibility index (Phi) is 5.63. The number of imidazole rings is 1. The standard InChI is InChI=1S/C19H25N5O/c1-15-18(16(2)24(22-15)10-11-25)12-20-13-19-21-8-9-23(19)14-17-6-4-3-5-7-17/h3-9,20,25H,10-14H2,1-2H3. The number of aliphatic hydroxyl groups is 1. The van der Waals surface area contributed by atoms with E-state index in [4.69, 9.17) is 5.11 Å². The summed E-state index contributed by atoms with van der Waals surface area (Å²) in [5.41, 5.74) is 4.56. The van der Waals surface area contributed by atoms with Gasteiger partial charge in [-0.25, -0.2) is 4.98 Å². The average molecular weight is 339 g/mol. The zero-order chi connectivity index (χ0) is 17.6. The number of nitrogens with zero attached hydrogens (tertiary/aromatic N) is 4. The molecule has 0 saturated carbocycles. The van der Waals surface area contributed by atoms with Gasteiger partial charge in [-0.3, -0.25) is 4.68 Å². The van der Waals surface area contributed by atoms with E-state index in [0.29, 0.717) is 13.1 Å². The van der Waals surface area contributed by atoms with Gasteiger partial charge in [-0.05, 0) is 19.4 Å². The quantitative estimate of drug-likeness (QED) is 0.659. The number of hydrogen-bond donors (Lipinski definition) is 2. The van der Waals surface area contributed by atoms with E-state index in [1.165, 1.54) is 11.1 Å². The molecule has 0 spiro atoms. The number of rotatable bonds is 8. The van der Waals surface area contributed by atoms with Gasteiger partial charge in [0.15, 0.2) is 0 Å². The molecule has 6 nitrogen and oxygen atoms in total. The summed E-state index contributed by atoms with van der Waals surface area (Å²) in [7, 11) is 0. The highest BCUT2D eigenvalue weighted by molar-refractivity contribution is 5.24. The van der Waals surface area contributed by atoms with Crippen molar-refractivity contribution in [3.8, 4) is 0 Å². The summed E-state index contributed by atoms with van der Waals surface area (Å²) in [6, 6.07) is 10.4. The van der Waals surface area contributed by atoms with Gasteiger partial charge in [0.25, 0.3) is 0 Å². The van der Waals surface area contributed by atoms with E-state index in [0.717, 1.165) is 30.3 Å². The summed E-state index contributed by atoms with van der Waals surface area (Å²) in [6.45, 7) is 6.95. The molecule has 6 heteroatoms. The van der Waals surface area contributed by atoms with Crippen molar-refractivity contribution < 1.29 is 5.11 Å². The van der Waals surface area contributed by atoms with Gasteiger partial charge in [0.05, 0.1) is 25.4 Å². The second-order valence-corrected chi connectivity index (χ2v) is 6.16. The van der Waals surface area contributed by atoms with E-state index in [1.54, 1.807) is 0 Å². The van der Waals surface area contributed by atoms with Crippen molar-refractivity contribution in [3.05, 3.63) is 71.1 Å². The first-order valence-corrected chi connectivity index (χ1v) is 8.57. The Morgan fingerprint density at radius 3 is 2.68 bits per heavy atom. The summed E-state index contributed by atoms with van der Waals surface area (Å²) in [5, 5.41) is 17.1. The highest BCUT2D eigenvalue weighted by Crippen LogP contribution is 2.13. The molecular formula is C19H25N5O. The number of aromatic nitrogens is 4. The summed E-state index contributed by atoms with van der Waals surface area (Å²) in [6.07, 6.45) is 3.86. The van der Waals surface area contributed by atoms with E-state index in [-0.39, 0.29) is 6.61 Å². The largest absolute Gasteiger partial charge is 0.394 e. The second-order valence-electron chi connectivity index (χ2n) is 6.16. The molecule has 2 N–H and O–H groups in total. The van der Waals surface area contributed by atoms with Crippen molar-refractivity contribution >= 4 is 0 Å². The summed E-state index contributed by atoms with van der Waals surface area (Å²) in [5.74, 6) is 1.02. The van der Waals surface area contributed by atoms with E-state index in [1.807, 2.05) is 37.0 Å². The van der Waals surface area contributed by atoms with Crippen molar-refractivity contribution in [2.75, 3.05) is 6.61 Å². The van der Waals surface area contributed by atoms with Crippen LogP contribution in [-0.4, -0.2) is 31.0 Å². The molecule has 0 amide bonds. The lowest BCUT2D eigenvalue weighted by molar-refractivity contribution is 0.267. The Bertz CT molecular complexity index is 807. The summed E-state index contributed by atoms with van der Waals surface area (Å²) in [4.78, 5) is 4.47. The molecule has 25 heavy (non-hydrogen) atoms. The van der Waals surface area contributed by atoms with Crippen molar-refractivity contribution in [2.45, 2.75) is 40.0 Å². The lowest BCUT2D eigenvalue weighted by Gasteiger charge is -2.10. The zero-order valence-electron chi connectivity index (χ0n) is 14.8. The zero-order valence-corrected chi connectivity index (χ0v) is 14.8. The van der Waals surface area contributed by atoms with Gasteiger partial charge in [-0.1, -0.05) is 30.3 Å². The van der Waals surface area contributed by atoms with Crippen molar-refractivity contribution in [1.29, 1.82) is 0 Å². The lowest BCUT2D eigenvalue weighted by Crippen LogP contribution is -2.18. The van der Waals surface area contributed by atoms with Crippen LogP contribution >= 0.6 is 0 Å². The third-order valence-electron chi connectivity index (χ3n) is 4.43. The van der Waals surface area contributed by atoms with Gasteiger partial charge in [-0.15, -0.1) is 0 Å². The average Bonchev–Trinajstić information content (AvgIpc) is 3.15. The molecule has 0 radical (unpaired) electrons. The van der Waals surface area contributed by atoms with Gasteiger partial charge in [0.1, 0.15) is 5.82 Å². The van der Waals surface area contributed by atoms with Crippen molar-refractivity contribution in [3.63, 3.8) is 0 Å². The molecule has 0 saturated heterocycles. The second kappa shape index (κ2) is 8.09. The first-order chi connectivity index (χ1) is 12.2. The number of aryl methyl sites for hydroxylation is 1. The first kappa shape index (κ1) is 17.4. The molecule has 3 aromatic rings. The smallest absolute Gasteiger partial charge is 0.122 e. The van der Waals surface area contributed by atoms with E-state index < -0.39 is 0 Å². The maximum absolute atomic E-state index is 9.11. The summed E-state index contributed by atoms with van der Waals surface area (Å²) < 4.78 is 4.03. The molecule has 0 aliphatic carbocycles. The Balaban J connectivity index is 1.61. The van der Waals surface area contributed by atoms with Crippen LogP contribution < -0.4 is 5.32 Å². The van der Waals surface area contributed by atoms with Gasteiger partial charge in [-0.2, -0.15) is 5.10 Å². The molecule has 0 fully saturated rings. The van der Waals surface area contributed by atoms with Crippen LogP contribution in [0.5, 0.6) is 0 Å². The maximum Gasteiger partial charge on any atom is 0.122 e. The van der Waals surface area contributed by atoms with Gasteiger partial charge >= 0.3 is 0 Å². The first-order valence-electron chi connectivity index (χ1n) is 8.57. The molecule has 0 aliphatic rings. The van der Waals surface area contributed by atoms with Crippen LogP contribution in [0.2, 0.25) is 0 Å². The van der Waals surface area contributed by atoms with E-state index in [9.17, 15) is 0 Å². The highest BCUT2D eigenvalue weighted by Gasteiger charge is 2.11. The minimum atomic E-state index is 0.103. The molecular weight excluding hydrogens is 314 g/mol. The third-order valence-corrected chi connectivity index (χ3v) is 4.43. The highest BCUT2D eigenvalue weighted by atomic mass is 16.3. The van der Waals surface area contributed by atoms with Gasteiger partial charge < -0.3 is 15.0 Å². The molecule has 3 rings (SSSR count). The van der Waals surface area contributed by atoms with Crippen LogP contribution in [-0.2, 0) is 26.2 Å². The van der Waals surface area contributed by atoms with Crippen LogP contribution in [0.15, 0.2) is 42.7 Å². The molecule has 0 unspecified atom stereocenters. The number of hydrogen-bond acceptors (Lipinski definition) is 4. The lowest BCUT2D eigenvalue weighted by atomic mass is 10.2. The fraction of sp³-hybridized carbons (Fsp3) is 0.368. The SMILES string of the molecule is Cc1nn(CCO)c(C)c1CNCc1nccn1Cc1ccccc1. The van der Waals surface area contributed by atoms with Crippen LogP contribution in [0.1, 0.15) is 28.3 Å². The van der Waals surface area contributed by atoms with Crippen LogP contribution in [0.3, 0.4) is 0 Å². The summed E-state index contributed by atoms with van der Waals surface area (Å²) >= 11 is 0. The van der Waals surface area contributed by atoms with Crippen molar-refractivity contribution in [1.82, 2.24) is 24.6 Å². The van der Waals surface area contributed by atoms with Crippen LogP contribution in [0.25, 0.3) is 0 Å². The minimum absolute atomic E-state index is 0.103. The fourth-order valence-corrected chi connectivity index (χ4v) is 3.03. The van der Waals surface area contributed by atoms with E-state index in [2.05, 4.69) is 44.2 Å². The Morgan fingerprint density at radius 1 is 1.12 bits per heavy atom. The predicted octanol–water partition coefficient (Wildman–Crippen LogP) is 2.03. The number of benzene rings is 1. The molecule has 132 valence electrons. The van der Waals surface area contributed by atoms with E-state index >= 15 is 0 Å². The fourth-order valence-electron chi connectivity index (χ4n) is 3.03. The molecule has 0 atom stereocenters. The molecule has 2 aromatic heterocycles. The van der Waals surface area contributed by atoms with Crippen LogP contribution in [0, 0.1) is 13.8 Å². The molecule has 1 aromatic carbocycles. The monoisotopic (exact) mass is 339 g/mol. The number of aliphatic hydroxyl groups excluding tert-OH is 1. The maximum atomic E-state index is 9.11. The topological polar surface area (TPSA) is 67.9 Å². The Labute approximate surface area is 148 Å². The Hall–Kier alpha value is -2.44. The molecule has 0 aliphatic heterocycles. The van der Waals surface area contributed by atoms with Gasteiger partial charge in [0, 0.05) is 36.7 Å². The molecule has 0 bridgehead atoms. The van der Waals surface area contributed by atoms with Gasteiger partial charge in [0.2, 0.25) is 0 Å². The Morgan fingerprint density at radius 2 is 1.92 bits per heavy atom. The van der Waals surface area contributed by atoms with Crippen LogP contribution in [0.4, 0.5) is 0 Å². The normalized spacial score (nSPS) is 11.2. The third kappa shape index (κ3) is 4.15. The molecule has 2 heterocycles. The van der Waals surface area contributed by atoms with Crippen molar-refractivity contribution in [2.24, 2.45) is 0 Å². The number of nitrogens with one attached hydrogen (secondary N) is 1.